The summed E-state index contributed by atoms with van der Waals surface area (Å²) in [6, 6.07) is 27.5. The second kappa shape index (κ2) is 24.6. The van der Waals surface area contributed by atoms with Crippen LogP contribution in [0, 0.1) is 0 Å². The Labute approximate surface area is 477 Å². The van der Waals surface area contributed by atoms with Gasteiger partial charge < -0.3 is 50.4 Å². The summed E-state index contributed by atoms with van der Waals surface area (Å²) in [6.07, 6.45) is 3.88. The Balaban J connectivity index is 0.876. The van der Waals surface area contributed by atoms with Gasteiger partial charge in [-0.25, -0.2) is 0 Å². The fourth-order valence-corrected chi connectivity index (χ4v) is 13.9. The molecule has 0 radical (unpaired) electrons. The van der Waals surface area contributed by atoms with Crippen LogP contribution in [0.2, 0.25) is 0 Å². The molecule has 3 atom stereocenters. The number of hydrogen-bond acceptors (Lipinski definition) is 16. The van der Waals surface area contributed by atoms with Crippen molar-refractivity contribution in [1.29, 1.82) is 0 Å². The van der Waals surface area contributed by atoms with E-state index in [0.29, 0.717) is 59.0 Å². The Bertz CT molecular complexity index is 3430. The number of methoxy groups -OCH3 is 2. The van der Waals surface area contributed by atoms with Crippen molar-refractivity contribution >= 4 is 95.6 Å². The van der Waals surface area contributed by atoms with Crippen molar-refractivity contribution in [1.82, 2.24) is 10.2 Å². The van der Waals surface area contributed by atoms with E-state index in [4.69, 9.17) is 24.7 Å². The van der Waals surface area contributed by atoms with Gasteiger partial charge >= 0.3 is 0 Å². The number of benzene rings is 5. The summed E-state index contributed by atoms with van der Waals surface area (Å²) in [7, 11) is 0.868. The molecular formula is C58H63N7O13S3. The van der Waals surface area contributed by atoms with E-state index in [1.165, 1.54) is 35.8 Å². The van der Waals surface area contributed by atoms with Gasteiger partial charge in [0.15, 0.2) is 28.2 Å². The standard InChI is InChI=1S/C58H63N7O13S3/c1-34-22-37-10-6-8-12-45(37)64(34)56(70)41-27-47(75-4)49(29-43(41)59)77-32-35-23-36(33-78-50-30-44-42(28-48(50)76-5)57(71)65-40(31-61-44)26-38-11-7-9-13-46(38)65)25-39(24-35)62-52(66)16-18-58(2,3)80-79-21-17-51(81(72,73)74)55(69)60-19-20-63-53(67)14-15-54(63)68/h6-15,23-25,27-30,34,40,51,61H,16-22,26,31-33,59H2,1-5H3,(H,60,69)(H,62,66)(H,72,73,74)/t34-,40+,51?/m1/s1. The summed E-state index contributed by atoms with van der Waals surface area (Å²) in [4.78, 5) is 82.9. The summed E-state index contributed by atoms with van der Waals surface area (Å²) >= 11 is 0. The number of carbonyl (C=O) groups is 6. The molecule has 4 aliphatic rings. The number of nitrogens with zero attached hydrogens (tertiary/aromatic N) is 3. The summed E-state index contributed by atoms with van der Waals surface area (Å²) in [5.41, 5.74) is 13.7. The maximum absolute atomic E-state index is 14.1. The highest BCUT2D eigenvalue weighted by Gasteiger charge is 2.39. The van der Waals surface area contributed by atoms with Gasteiger partial charge in [-0.05, 0) is 111 Å². The minimum atomic E-state index is -4.79. The summed E-state index contributed by atoms with van der Waals surface area (Å²) < 4.78 is 58.1. The molecule has 0 aliphatic carbocycles. The lowest BCUT2D eigenvalue weighted by atomic mass is 10.1. The zero-order valence-corrected chi connectivity index (χ0v) is 47.8. The van der Waals surface area contributed by atoms with E-state index < -0.39 is 37.8 Å². The second-order valence-electron chi connectivity index (χ2n) is 20.6. The molecular weight excluding hydrogens is 1100 g/mol. The summed E-state index contributed by atoms with van der Waals surface area (Å²) in [5, 5.41) is 7.09. The molecule has 4 heterocycles. The van der Waals surface area contributed by atoms with Crippen molar-refractivity contribution in [3.63, 3.8) is 0 Å². The molecule has 0 fully saturated rings. The third-order valence-electron chi connectivity index (χ3n) is 14.4. The third-order valence-corrected chi connectivity index (χ3v) is 18.9. The van der Waals surface area contributed by atoms with E-state index >= 15 is 0 Å². The summed E-state index contributed by atoms with van der Waals surface area (Å²) in [6.45, 7) is 5.98. The lowest BCUT2D eigenvalue weighted by Gasteiger charge is -2.24. The first-order valence-corrected chi connectivity index (χ1v) is 30.1. The largest absolute Gasteiger partial charge is 0.493 e. The van der Waals surface area contributed by atoms with Crippen molar-refractivity contribution in [2.24, 2.45) is 0 Å². The molecule has 0 bridgehead atoms. The van der Waals surface area contributed by atoms with Gasteiger partial charge in [0.1, 0.15) is 13.2 Å². The van der Waals surface area contributed by atoms with E-state index in [0.717, 1.165) is 46.0 Å². The highest BCUT2D eigenvalue weighted by molar-refractivity contribution is 8.77. The van der Waals surface area contributed by atoms with Gasteiger partial charge in [0.2, 0.25) is 11.8 Å². The third kappa shape index (κ3) is 13.2. The Hall–Kier alpha value is -7.73. The second-order valence-corrected chi connectivity index (χ2v) is 25.3. The van der Waals surface area contributed by atoms with E-state index in [1.54, 1.807) is 41.3 Å². The van der Waals surface area contributed by atoms with Crippen LogP contribution < -0.4 is 50.4 Å². The fourth-order valence-electron chi connectivity index (χ4n) is 10.3. The highest BCUT2D eigenvalue weighted by Crippen LogP contribution is 2.43. The first kappa shape index (κ1) is 57.9. The van der Waals surface area contributed by atoms with Crippen LogP contribution in [0.3, 0.4) is 0 Å². The minimum absolute atomic E-state index is 0.00634. The Morgan fingerprint density at radius 1 is 0.840 bits per heavy atom. The van der Waals surface area contributed by atoms with Gasteiger partial charge in [-0.3, -0.25) is 38.2 Å². The molecule has 0 saturated heterocycles. The first-order valence-electron chi connectivity index (χ1n) is 26.2. The van der Waals surface area contributed by atoms with Crippen molar-refractivity contribution in [2.75, 3.05) is 65.8 Å². The van der Waals surface area contributed by atoms with Crippen molar-refractivity contribution < 1.29 is 60.7 Å². The summed E-state index contributed by atoms with van der Waals surface area (Å²) in [5.74, 6) is -1.32. The van der Waals surface area contributed by atoms with Crippen molar-refractivity contribution in [3.8, 4) is 23.0 Å². The first-order chi connectivity index (χ1) is 38.7. The van der Waals surface area contributed by atoms with Gasteiger partial charge in [0.05, 0.1) is 37.1 Å². The lowest BCUT2D eigenvalue weighted by Crippen LogP contribution is -2.44. The van der Waals surface area contributed by atoms with E-state index in [-0.39, 0.29) is 97.5 Å². The number of ether oxygens (including phenoxy) is 4. The van der Waals surface area contributed by atoms with Crippen LogP contribution in [0.1, 0.15) is 83.0 Å². The zero-order chi connectivity index (χ0) is 57.8. The molecule has 0 saturated carbocycles. The van der Waals surface area contributed by atoms with Gasteiger partial charge in [-0.2, -0.15) is 8.42 Å². The monoisotopic (exact) mass is 1160 g/mol. The number of anilines is 5. The molecule has 5 aromatic carbocycles. The van der Waals surface area contributed by atoms with Gasteiger partial charge in [0, 0.05) is 89.6 Å². The number of fused-ring (bicyclic) bond motifs is 5. The van der Waals surface area contributed by atoms with E-state index in [2.05, 4.69) is 16.0 Å². The molecule has 9 rings (SSSR count). The molecule has 0 spiro atoms. The maximum atomic E-state index is 14.1. The fraction of sp³-hybridized carbons (Fsp3) is 0.345. The van der Waals surface area contributed by atoms with Gasteiger partial charge in [0.25, 0.3) is 33.7 Å². The number of nitrogen functional groups attached to an aromatic ring is 1. The van der Waals surface area contributed by atoms with Crippen LogP contribution in [0.15, 0.2) is 103 Å². The molecule has 1 unspecified atom stereocenters. The quantitative estimate of drug-likeness (QED) is 0.0139. The number of para-hydroxylation sites is 2. The number of nitrogens with one attached hydrogen (secondary N) is 3. The number of hydrogen-bond donors (Lipinski definition) is 5. The number of amides is 6. The molecule has 6 amide bonds. The highest BCUT2D eigenvalue weighted by atomic mass is 33.1. The Morgan fingerprint density at radius 3 is 2.14 bits per heavy atom. The minimum Gasteiger partial charge on any atom is -0.493 e. The molecule has 81 heavy (non-hydrogen) atoms. The molecule has 4 aliphatic heterocycles. The van der Waals surface area contributed by atoms with Crippen LogP contribution in [0.5, 0.6) is 23.0 Å². The predicted octanol–water partition coefficient (Wildman–Crippen LogP) is 7.60. The SMILES string of the molecule is COc1cc(C(=O)N2c3ccccc3C[C@H]2C)c(N)cc1OCc1cc(COc2cc3c(cc2OC)C(=O)N2c4ccccc4C[C@H]2CN3)cc(NC(=O)CCC(C)(C)SSCCC(C(=O)NCCN2C(=O)C=CC2=O)S(=O)(=O)O)c1. The maximum Gasteiger partial charge on any atom is 0.276 e. The molecule has 426 valence electrons. The number of imide groups is 1. The zero-order valence-electron chi connectivity index (χ0n) is 45.3. The number of nitrogens with two attached hydrogens (primary N) is 1. The average Bonchev–Trinajstić information content (AvgIpc) is 4.28. The average molecular weight is 1160 g/mol. The normalized spacial score (nSPS) is 16.7. The van der Waals surface area contributed by atoms with Gasteiger partial charge in [-0.15, -0.1) is 0 Å². The van der Waals surface area contributed by atoms with Crippen LogP contribution in [0.25, 0.3) is 0 Å². The van der Waals surface area contributed by atoms with Crippen molar-refractivity contribution in [3.05, 3.63) is 137 Å². The Morgan fingerprint density at radius 2 is 1.47 bits per heavy atom. The molecule has 6 N–H and O–H groups in total. The molecule has 5 aromatic rings. The topological polar surface area (TPSA) is 266 Å². The van der Waals surface area contributed by atoms with Crippen molar-refractivity contribution in [2.45, 2.75) is 88.2 Å². The van der Waals surface area contributed by atoms with Crippen LogP contribution in [0.4, 0.5) is 28.4 Å². The van der Waals surface area contributed by atoms with E-state index in [9.17, 15) is 41.7 Å². The molecule has 23 heteroatoms. The Kier molecular flexibility index (Phi) is 17.6. The van der Waals surface area contributed by atoms with Gasteiger partial charge in [-0.1, -0.05) is 58.0 Å². The smallest absolute Gasteiger partial charge is 0.276 e. The van der Waals surface area contributed by atoms with Crippen LogP contribution >= 0.6 is 21.6 Å². The lowest BCUT2D eigenvalue weighted by molar-refractivity contribution is -0.137. The van der Waals surface area contributed by atoms with Crippen LogP contribution in [-0.4, -0.2) is 115 Å². The molecule has 0 aromatic heterocycles. The number of rotatable bonds is 23. The molecule has 20 nitrogen and oxygen atoms in total. The van der Waals surface area contributed by atoms with E-state index in [1.807, 2.05) is 80.3 Å². The predicted molar refractivity (Wildman–Crippen MR) is 312 cm³/mol. The number of carbonyl (C=O) groups excluding carboxylic acids is 6. The van der Waals surface area contributed by atoms with Crippen LogP contribution in [-0.2, 0) is 55.4 Å².